The van der Waals surface area contributed by atoms with E-state index in [1.165, 1.54) is 0 Å². The smallest absolute Gasteiger partial charge is 0.545 e. The Morgan fingerprint density at radius 3 is 1.72 bits per heavy atom. The Labute approximate surface area is 127 Å². The molecular weight excluding hydrogens is 235 g/mol. The van der Waals surface area contributed by atoms with Crippen LogP contribution in [0.1, 0.15) is 10.4 Å². The number of carboxylic acids is 1. The molecule has 0 heterocycles. The molecule has 0 amide bonds. The summed E-state index contributed by atoms with van der Waals surface area (Å²) in [6.45, 7) is 0. The second-order valence-electron chi connectivity index (χ2n) is 3.98. The molecule has 18 heavy (non-hydrogen) atoms. The predicted molar refractivity (Wildman–Crippen MR) is 65.8 cm³/mol. The molecule has 3 aromatic carbocycles. The Morgan fingerprint density at radius 1 is 0.833 bits per heavy atom. The summed E-state index contributed by atoms with van der Waals surface area (Å²) >= 11 is 0. The topological polar surface area (TPSA) is 40.1 Å². The maximum atomic E-state index is 11.3. The number of aromatic carboxylic acids is 1. The largest absolute Gasteiger partial charge is 1.00 e. The van der Waals surface area contributed by atoms with Gasteiger partial charge in [-0.05, 0) is 27.6 Å². The first-order chi connectivity index (χ1) is 8.27. The number of rotatable bonds is 1. The van der Waals surface area contributed by atoms with Gasteiger partial charge >= 0.3 is 29.6 Å². The van der Waals surface area contributed by atoms with Crippen molar-refractivity contribution in [2.75, 3.05) is 0 Å². The van der Waals surface area contributed by atoms with Crippen molar-refractivity contribution in [3.63, 3.8) is 0 Å². The molecule has 0 radical (unpaired) electrons. The third kappa shape index (κ3) is 2.03. The van der Waals surface area contributed by atoms with Crippen LogP contribution in [0.25, 0.3) is 21.5 Å². The molecule has 3 heteroatoms. The molecule has 0 aliphatic carbocycles. The summed E-state index contributed by atoms with van der Waals surface area (Å²) < 4.78 is 0. The molecule has 0 saturated heterocycles. The Morgan fingerprint density at radius 2 is 1.28 bits per heavy atom. The molecule has 0 saturated carbocycles. The van der Waals surface area contributed by atoms with Crippen molar-refractivity contribution < 1.29 is 39.5 Å². The van der Waals surface area contributed by atoms with E-state index in [1.807, 2.05) is 54.6 Å². The first-order valence-electron chi connectivity index (χ1n) is 5.39. The quantitative estimate of drug-likeness (QED) is 0.422. The fraction of sp³-hybridized carbons (Fsp3) is 0. The number of carbonyl (C=O) groups is 1. The zero-order valence-electron chi connectivity index (χ0n) is 10.0. The number of hydrogen-bond acceptors (Lipinski definition) is 2. The van der Waals surface area contributed by atoms with Crippen LogP contribution >= 0.6 is 0 Å². The summed E-state index contributed by atoms with van der Waals surface area (Å²) in [5.41, 5.74) is 0.277. The number of carbonyl (C=O) groups excluding carboxylic acids is 1. The average molecular weight is 244 g/mol. The minimum atomic E-state index is -1.13. The van der Waals surface area contributed by atoms with Gasteiger partial charge in [-0.15, -0.1) is 0 Å². The molecule has 2 nitrogen and oxygen atoms in total. The molecule has 0 spiro atoms. The summed E-state index contributed by atoms with van der Waals surface area (Å²) in [7, 11) is 0. The Hall–Kier alpha value is -1.35. The molecule has 3 aromatic rings. The molecule has 0 aromatic heterocycles. The van der Waals surface area contributed by atoms with Crippen LogP contribution in [0.15, 0.2) is 54.6 Å². The van der Waals surface area contributed by atoms with Gasteiger partial charge in [0.1, 0.15) is 0 Å². The van der Waals surface area contributed by atoms with Crippen LogP contribution in [0.4, 0.5) is 0 Å². The molecule has 0 bridgehead atoms. The molecule has 0 aliphatic rings. The molecular formula is C15H9NaO2. The van der Waals surface area contributed by atoms with Crippen molar-refractivity contribution in [1.29, 1.82) is 0 Å². The second kappa shape index (κ2) is 5.11. The van der Waals surface area contributed by atoms with Gasteiger partial charge in [0.2, 0.25) is 0 Å². The van der Waals surface area contributed by atoms with E-state index in [4.69, 9.17) is 0 Å². The van der Waals surface area contributed by atoms with Gasteiger partial charge in [0.05, 0.1) is 5.97 Å². The first kappa shape index (κ1) is 13.1. The number of hydrogen-bond donors (Lipinski definition) is 0. The van der Waals surface area contributed by atoms with Crippen molar-refractivity contribution in [2.45, 2.75) is 0 Å². The third-order valence-electron chi connectivity index (χ3n) is 2.98. The van der Waals surface area contributed by atoms with E-state index < -0.39 is 5.97 Å². The molecule has 82 valence electrons. The van der Waals surface area contributed by atoms with Gasteiger partial charge in [0.15, 0.2) is 0 Å². The molecule has 0 aliphatic heterocycles. The molecule has 0 unspecified atom stereocenters. The fourth-order valence-electron chi connectivity index (χ4n) is 2.23. The maximum absolute atomic E-state index is 11.3. The van der Waals surface area contributed by atoms with E-state index in [0.717, 1.165) is 21.5 Å². The zero-order valence-corrected chi connectivity index (χ0v) is 12.0. The van der Waals surface area contributed by atoms with Crippen LogP contribution in [0, 0.1) is 0 Å². The van der Waals surface area contributed by atoms with E-state index in [0.29, 0.717) is 0 Å². The zero-order chi connectivity index (χ0) is 11.8. The Bertz CT molecular complexity index is 681. The summed E-state index contributed by atoms with van der Waals surface area (Å²) in [5.74, 6) is -1.13. The van der Waals surface area contributed by atoms with E-state index in [9.17, 15) is 9.90 Å². The standard InChI is InChI=1S/C15H10O2.Na/c16-15(17)14-12-7-3-1-5-10(12)9-11-6-2-4-8-13(11)14;/h1-9H,(H,16,17);/q;+1/p-1. The summed E-state index contributed by atoms with van der Waals surface area (Å²) in [4.78, 5) is 11.3. The van der Waals surface area contributed by atoms with Crippen molar-refractivity contribution >= 4 is 27.5 Å². The predicted octanol–water partition coefficient (Wildman–Crippen LogP) is -0.639. The molecule has 0 fully saturated rings. The normalized spacial score (nSPS) is 10.2. The second-order valence-corrected chi connectivity index (χ2v) is 3.98. The van der Waals surface area contributed by atoms with Crippen LogP contribution in [0.5, 0.6) is 0 Å². The Balaban J connectivity index is 0.00000120. The average Bonchev–Trinajstić information content (AvgIpc) is 2.35. The van der Waals surface area contributed by atoms with Crippen molar-refractivity contribution in [3.8, 4) is 0 Å². The maximum Gasteiger partial charge on any atom is 1.00 e. The summed E-state index contributed by atoms with van der Waals surface area (Å²) in [6.07, 6.45) is 0. The fourth-order valence-corrected chi connectivity index (χ4v) is 2.23. The van der Waals surface area contributed by atoms with Crippen LogP contribution in [0.3, 0.4) is 0 Å². The van der Waals surface area contributed by atoms with E-state index in [-0.39, 0.29) is 35.1 Å². The summed E-state index contributed by atoms with van der Waals surface area (Å²) in [6, 6.07) is 16.9. The van der Waals surface area contributed by atoms with Gasteiger partial charge in [-0.25, -0.2) is 0 Å². The van der Waals surface area contributed by atoms with Gasteiger partial charge in [-0.2, -0.15) is 0 Å². The van der Waals surface area contributed by atoms with Gasteiger partial charge in [-0.1, -0.05) is 48.5 Å². The van der Waals surface area contributed by atoms with Crippen molar-refractivity contribution in [1.82, 2.24) is 0 Å². The van der Waals surface area contributed by atoms with Gasteiger partial charge in [0, 0.05) is 5.56 Å². The van der Waals surface area contributed by atoms with Crippen LogP contribution in [-0.2, 0) is 0 Å². The van der Waals surface area contributed by atoms with Crippen molar-refractivity contribution in [2.24, 2.45) is 0 Å². The van der Waals surface area contributed by atoms with Gasteiger partial charge in [-0.3, -0.25) is 0 Å². The first-order valence-corrected chi connectivity index (χ1v) is 5.39. The third-order valence-corrected chi connectivity index (χ3v) is 2.98. The number of carboxylic acid groups (broad SMARTS) is 1. The monoisotopic (exact) mass is 244 g/mol. The van der Waals surface area contributed by atoms with Gasteiger partial charge < -0.3 is 9.90 Å². The molecule has 0 N–H and O–H groups in total. The SMILES string of the molecule is O=C([O-])c1c2ccccc2cc2ccccc12.[Na+]. The van der Waals surface area contributed by atoms with E-state index in [2.05, 4.69) is 0 Å². The minimum Gasteiger partial charge on any atom is -0.545 e. The number of benzene rings is 3. The molecule has 3 rings (SSSR count). The van der Waals surface area contributed by atoms with Crippen LogP contribution < -0.4 is 34.7 Å². The number of fused-ring (bicyclic) bond motifs is 2. The van der Waals surface area contributed by atoms with Crippen LogP contribution in [0.2, 0.25) is 0 Å². The van der Waals surface area contributed by atoms with E-state index >= 15 is 0 Å². The Kier molecular flexibility index (Phi) is 3.71. The van der Waals surface area contributed by atoms with Crippen LogP contribution in [-0.4, -0.2) is 5.97 Å². The van der Waals surface area contributed by atoms with Gasteiger partial charge in [0.25, 0.3) is 0 Å². The minimum absolute atomic E-state index is 0. The van der Waals surface area contributed by atoms with Crippen molar-refractivity contribution in [3.05, 3.63) is 60.2 Å². The summed E-state index contributed by atoms with van der Waals surface area (Å²) in [5, 5.41) is 14.6. The molecule has 0 atom stereocenters. The van der Waals surface area contributed by atoms with E-state index in [1.54, 1.807) is 0 Å².